The van der Waals surface area contributed by atoms with E-state index < -0.39 is 21.8 Å². The molecule has 0 aliphatic rings. The van der Waals surface area contributed by atoms with Gasteiger partial charge in [0.1, 0.15) is 18.1 Å². The molecule has 0 fully saturated rings. The second-order valence-corrected chi connectivity index (χ2v) is 7.91. The number of nitriles is 1. The molecule has 0 saturated heterocycles. The summed E-state index contributed by atoms with van der Waals surface area (Å²) in [7, 11) is -5.29. The average molecular weight is 508 g/mol. The van der Waals surface area contributed by atoms with Gasteiger partial charge in [-0.1, -0.05) is 15.5 Å². The Kier molecular flexibility index (Phi) is 7.72. The van der Waals surface area contributed by atoms with Crippen molar-refractivity contribution in [1.29, 1.82) is 5.26 Å². The van der Waals surface area contributed by atoms with Crippen LogP contribution in [0.25, 0.3) is 6.08 Å². The topological polar surface area (TPSA) is 140 Å². The van der Waals surface area contributed by atoms with Gasteiger partial charge in [-0.05, 0) is 42.0 Å². The molecule has 0 spiro atoms. The van der Waals surface area contributed by atoms with E-state index in [9.17, 15) is 21.9 Å². The predicted octanol–water partition coefficient (Wildman–Crippen LogP) is 3.19. The van der Waals surface area contributed by atoms with Crippen LogP contribution in [0.4, 0.5) is 3.89 Å². The van der Waals surface area contributed by atoms with Gasteiger partial charge >= 0.3 is 16.2 Å². The molecule has 0 radical (unpaired) electrons. The highest BCUT2D eigenvalue weighted by atomic mass is 35.5. The number of nitrogens with one attached hydrogen (secondary N) is 1. The van der Waals surface area contributed by atoms with E-state index in [1.807, 2.05) is 6.07 Å². The summed E-state index contributed by atoms with van der Waals surface area (Å²) in [5, 5.41) is 9.02. The molecule has 1 aromatic heterocycles. The average Bonchev–Trinajstić information content (AvgIpc) is 2.74. The maximum atomic E-state index is 13.0. The van der Waals surface area contributed by atoms with Gasteiger partial charge in [-0.25, -0.2) is 4.79 Å². The minimum absolute atomic E-state index is 0.0157. The summed E-state index contributed by atoms with van der Waals surface area (Å²) in [6.45, 7) is -0.0956. The highest BCUT2D eigenvalue weighted by Gasteiger charge is 2.15. The fourth-order valence-electron chi connectivity index (χ4n) is 2.73. The molecule has 1 N–H and O–H groups in total. The van der Waals surface area contributed by atoms with Gasteiger partial charge in [-0.2, -0.15) is 13.7 Å². The first-order valence-electron chi connectivity index (χ1n) is 9.38. The Morgan fingerprint density at radius 3 is 2.62 bits per heavy atom. The van der Waals surface area contributed by atoms with E-state index >= 15 is 0 Å². The number of ether oxygens (including phenoxy) is 2. The molecule has 3 rings (SSSR count). The number of allylic oxidation sites excluding steroid dienone is 1. The standard InChI is InChI=1S/C21H15ClFN3O7S/c22-15-10-14(2-1-6-24)11-17(12-15)32-18-4-3-16(33-34(23,29)30)13-19(18)31-9-8-26-7-5-20(27)25-21(26)28/h1-5,7,10-13H,8-9H2,(H,25,27,28)/b2-1+. The maximum absolute atomic E-state index is 13.0. The lowest BCUT2D eigenvalue weighted by atomic mass is 10.2. The Morgan fingerprint density at radius 2 is 1.91 bits per heavy atom. The summed E-state index contributed by atoms with van der Waals surface area (Å²) in [5.41, 5.74) is -0.627. The van der Waals surface area contributed by atoms with E-state index in [-0.39, 0.29) is 36.1 Å². The lowest BCUT2D eigenvalue weighted by Gasteiger charge is -2.14. The third kappa shape index (κ3) is 7.22. The van der Waals surface area contributed by atoms with Gasteiger partial charge < -0.3 is 13.7 Å². The zero-order valence-corrected chi connectivity index (χ0v) is 18.7. The molecule has 1 heterocycles. The third-order valence-electron chi connectivity index (χ3n) is 4.07. The minimum atomic E-state index is -5.29. The van der Waals surface area contributed by atoms with Crippen molar-refractivity contribution in [3.63, 3.8) is 0 Å². The Balaban J connectivity index is 1.88. The quantitative estimate of drug-likeness (QED) is 0.344. The summed E-state index contributed by atoms with van der Waals surface area (Å²) < 4.78 is 51.5. The highest BCUT2D eigenvalue weighted by molar-refractivity contribution is 7.81. The number of aromatic nitrogens is 2. The van der Waals surface area contributed by atoms with Crippen molar-refractivity contribution in [3.05, 3.63) is 86.2 Å². The van der Waals surface area contributed by atoms with Crippen molar-refractivity contribution in [1.82, 2.24) is 9.55 Å². The molecule has 0 aliphatic carbocycles. The van der Waals surface area contributed by atoms with Crippen molar-refractivity contribution in [2.45, 2.75) is 6.54 Å². The van der Waals surface area contributed by atoms with Gasteiger partial charge in [-0.15, -0.1) is 0 Å². The van der Waals surface area contributed by atoms with Gasteiger partial charge in [0.25, 0.3) is 5.56 Å². The van der Waals surface area contributed by atoms with E-state index in [1.54, 1.807) is 12.1 Å². The van der Waals surface area contributed by atoms with Crippen LogP contribution in [0.3, 0.4) is 0 Å². The lowest BCUT2D eigenvalue weighted by molar-refractivity contribution is 0.282. The fourth-order valence-corrected chi connectivity index (χ4v) is 3.29. The summed E-state index contributed by atoms with van der Waals surface area (Å²) in [6.07, 6.45) is 4.05. The Morgan fingerprint density at radius 1 is 1.12 bits per heavy atom. The van der Waals surface area contributed by atoms with Crippen LogP contribution >= 0.6 is 11.6 Å². The van der Waals surface area contributed by atoms with E-state index in [4.69, 9.17) is 26.3 Å². The highest BCUT2D eigenvalue weighted by Crippen LogP contribution is 2.36. The summed E-state index contributed by atoms with van der Waals surface area (Å²) in [6, 6.07) is 11.2. The molecular weight excluding hydrogens is 493 g/mol. The molecule has 3 aromatic rings. The van der Waals surface area contributed by atoms with Crippen LogP contribution in [0.1, 0.15) is 5.56 Å². The predicted molar refractivity (Wildman–Crippen MR) is 120 cm³/mol. The van der Waals surface area contributed by atoms with E-state index in [0.717, 1.165) is 18.2 Å². The fraction of sp³-hybridized carbons (Fsp3) is 0.0952. The van der Waals surface area contributed by atoms with Crippen molar-refractivity contribution in [2.75, 3.05) is 6.61 Å². The molecule has 34 heavy (non-hydrogen) atoms. The number of halogens is 2. The molecule has 0 atom stereocenters. The monoisotopic (exact) mass is 507 g/mol. The lowest BCUT2D eigenvalue weighted by Crippen LogP contribution is -2.30. The molecular formula is C21H15ClFN3O7S. The van der Waals surface area contributed by atoms with Crippen LogP contribution in [-0.2, 0) is 17.0 Å². The van der Waals surface area contributed by atoms with Gasteiger partial charge in [0.15, 0.2) is 11.5 Å². The van der Waals surface area contributed by atoms with Gasteiger partial charge in [0.05, 0.1) is 12.6 Å². The van der Waals surface area contributed by atoms with Crippen LogP contribution in [0, 0.1) is 11.3 Å². The SMILES string of the molecule is N#C/C=C/c1cc(Cl)cc(Oc2ccc(OS(=O)(=O)F)cc2OCCn2ccc(=O)[nH]c2=O)c1. The second-order valence-electron chi connectivity index (χ2n) is 6.52. The molecule has 0 amide bonds. The summed E-state index contributed by atoms with van der Waals surface area (Å²) in [4.78, 5) is 25.1. The smallest absolute Gasteiger partial charge is 0.488 e. The third-order valence-corrected chi connectivity index (χ3v) is 4.68. The Labute approximate surface area is 197 Å². The van der Waals surface area contributed by atoms with Gasteiger partial charge in [-0.3, -0.25) is 14.3 Å². The van der Waals surface area contributed by atoms with Crippen LogP contribution in [0.2, 0.25) is 5.02 Å². The summed E-state index contributed by atoms with van der Waals surface area (Å²) >= 11 is 6.10. The van der Waals surface area contributed by atoms with E-state index in [2.05, 4.69) is 9.17 Å². The number of aromatic amines is 1. The number of rotatable bonds is 9. The van der Waals surface area contributed by atoms with Crippen LogP contribution in [0.15, 0.2) is 64.3 Å². The van der Waals surface area contributed by atoms with Crippen LogP contribution < -0.4 is 24.9 Å². The number of benzene rings is 2. The van der Waals surface area contributed by atoms with Gasteiger partial charge in [0, 0.05) is 29.4 Å². The molecule has 10 nitrogen and oxygen atoms in total. The summed E-state index contributed by atoms with van der Waals surface area (Å²) in [5.74, 6) is -0.0593. The number of hydrogen-bond donors (Lipinski definition) is 1. The molecule has 13 heteroatoms. The molecule has 0 unspecified atom stereocenters. The van der Waals surface area contributed by atoms with Crippen molar-refractivity contribution in [3.8, 4) is 29.1 Å². The first-order chi connectivity index (χ1) is 16.1. The van der Waals surface area contributed by atoms with Crippen LogP contribution in [-0.4, -0.2) is 24.6 Å². The molecule has 176 valence electrons. The van der Waals surface area contributed by atoms with E-state index in [0.29, 0.717) is 10.6 Å². The first-order valence-corrected chi connectivity index (χ1v) is 11.1. The van der Waals surface area contributed by atoms with Crippen molar-refractivity contribution in [2.24, 2.45) is 0 Å². The minimum Gasteiger partial charge on any atom is -0.488 e. The van der Waals surface area contributed by atoms with Crippen molar-refractivity contribution < 1.29 is 26.0 Å². The first kappa shape index (κ1) is 24.6. The zero-order valence-electron chi connectivity index (χ0n) is 17.1. The van der Waals surface area contributed by atoms with E-state index in [1.165, 1.54) is 35.0 Å². The van der Waals surface area contributed by atoms with Gasteiger partial charge in [0.2, 0.25) is 0 Å². The second kappa shape index (κ2) is 10.7. The van der Waals surface area contributed by atoms with Crippen molar-refractivity contribution >= 4 is 28.2 Å². The Bertz CT molecular complexity index is 1490. The molecule has 0 bridgehead atoms. The Hall–Kier alpha value is -4.08. The maximum Gasteiger partial charge on any atom is 0.488 e. The molecule has 0 aliphatic heterocycles. The zero-order chi connectivity index (χ0) is 24.7. The largest absolute Gasteiger partial charge is 0.488 e. The molecule has 0 saturated carbocycles. The number of hydrogen-bond acceptors (Lipinski definition) is 8. The molecule has 2 aromatic carbocycles. The normalized spacial score (nSPS) is 11.2. The number of nitrogens with zero attached hydrogens (tertiary/aromatic N) is 2. The van der Waals surface area contributed by atoms with Crippen LogP contribution in [0.5, 0.6) is 23.0 Å². The number of H-pyrrole nitrogens is 1.